The molecule has 0 aliphatic heterocycles. The van der Waals surface area contributed by atoms with E-state index in [-0.39, 0.29) is 11.6 Å². The van der Waals surface area contributed by atoms with Crippen LogP contribution in [0, 0.1) is 0 Å². The number of methoxy groups -OCH3 is 3. The summed E-state index contributed by atoms with van der Waals surface area (Å²) in [6.45, 7) is 4.42. The van der Waals surface area contributed by atoms with E-state index in [4.69, 9.17) is 18.9 Å². The Bertz CT molecular complexity index is 2050. The fourth-order valence-corrected chi connectivity index (χ4v) is 6.91. The third kappa shape index (κ3) is 9.38. The Kier molecular flexibility index (Phi) is 12.5. The maximum Gasteiger partial charge on any atom is 0.272 e. The summed E-state index contributed by atoms with van der Waals surface area (Å²) in [4.78, 5) is 45.7. The standard InChI is InChI=1S/C38H38N4O7S2/c1-6-33(37(45)42-38-41-28-17-16-26(49-7-2)21-34(28)51-38)50-27-15-11-14-25(20-27)39-36(44)29(40-35(43)23-12-9-8-10-13-23)18-24-19-31(47-4)32(48-5)22-30(24)46-3/h8-22,33H,6-7H2,1-5H3,(H,39,44)(H,40,43)(H,41,42,45)/b29-18+. The molecule has 0 saturated carbocycles. The van der Waals surface area contributed by atoms with Crippen molar-refractivity contribution in [3.63, 3.8) is 0 Å². The van der Waals surface area contributed by atoms with Crippen LogP contribution in [0.4, 0.5) is 10.8 Å². The van der Waals surface area contributed by atoms with Gasteiger partial charge in [0.05, 0.1) is 43.4 Å². The van der Waals surface area contributed by atoms with Gasteiger partial charge in [0, 0.05) is 27.8 Å². The van der Waals surface area contributed by atoms with E-state index >= 15 is 0 Å². The van der Waals surface area contributed by atoms with Crippen molar-refractivity contribution in [1.82, 2.24) is 10.3 Å². The van der Waals surface area contributed by atoms with E-state index in [9.17, 15) is 14.4 Å². The molecule has 1 atom stereocenters. The summed E-state index contributed by atoms with van der Waals surface area (Å²) in [7, 11) is 4.50. The molecule has 5 aromatic rings. The lowest BCUT2D eigenvalue weighted by Gasteiger charge is -2.16. The van der Waals surface area contributed by atoms with E-state index < -0.39 is 17.1 Å². The number of carbonyl (C=O) groups is 3. The molecule has 11 nitrogen and oxygen atoms in total. The Morgan fingerprint density at radius 2 is 1.59 bits per heavy atom. The quantitative estimate of drug-likeness (QED) is 0.0734. The number of thiazole rings is 1. The number of hydrogen-bond acceptors (Lipinski definition) is 10. The number of hydrogen-bond donors (Lipinski definition) is 3. The molecule has 264 valence electrons. The molecule has 4 aromatic carbocycles. The average molecular weight is 727 g/mol. The molecule has 3 N–H and O–H groups in total. The van der Waals surface area contributed by atoms with E-state index in [1.165, 1.54) is 50.5 Å². The second-order valence-electron chi connectivity index (χ2n) is 10.9. The average Bonchev–Trinajstić information content (AvgIpc) is 3.55. The van der Waals surface area contributed by atoms with Crippen molar-refractivity contribution in [2.75, 3.05) is 38.6 Å². The van der Waals surface area contributed by atoms with Crippen molar-refractivity contribution in [3.05, 3.63) is 102 Å². The highest BCUT2D eigenvalue weighted by Gasteiger charge is 2.21. The maximum absolute atomic E-state index is 13.8. The summed E-state index contributed by atoms with van der Waals surface area (Å²) in [6, 6.07) is 24.7. The number of carbonyl (C=O) groups excluding carboxylic acids is 3. The van der Waals surface area contributed by atoms with Crippen molar-refractivity contribution in [3.8, 4) is 23.0 Å². The van der Waals surface area contributed by atoms with Crippen molar-refractivity contribution >= 4 is 67.9 Å². The van der Waals surface area contributed by atoms with E-state index in [2.05, 4.69) is 20.9 Å². The third-order valence-corrected chi connectivity index (χ3v) is 9.79. The fourth-order valence-electron chi connectivity index (χ4n) is 5.00. The number of benzene rings is 4. The number of ether oxygens (including phenoxy) is 4. The minimum absolute atomic E-state index is 0.0394. The predicted molar refractivity (Wildman–Crippen MR) is 202 cm³/mol. The molecule has 0 aliphatic carbocycles. The van der Waals surface area contributed by atoms with Crippen LogP contribution in [-0.2, 0) is 9.59 Å². The van der Waals surface area contributed by atoms with Crippen LogP contribution in [0.2, 0.25) is 0 Å². The Morgan fingerprint density at radius 1 is 0.843 bits per heavy atom. The summed E-state index contributed by atoms with van der Waals surface area (Å²) in [5, 5.41) is 8.66. The normalized spacial score (nSPS) is 11.7. The van der Waals surface area contributed by atoms with Crippen molar-refractivity contribution in [2.24, 2.45) is 0 Å². The monoisotopic (exact) mass is 726 g/mol. The summed E-state index contributed by atoms with van der Waals surface area (Å²) in [6.07, 6.45) is 2.06. The first-order valence-electron chi connectivity index (χ1n) is 16.1. The zero-order chi connectivity index (χ0) is 36.3. The first kappa shape index (κ1) is 36.7. The van der Waals surface area contributed by atoms with Gasteiger partial charge in [-0.3, -0.25) is 14.4 Å². The van der Waals surface area contributed by atoms with E-state index in [0.717, 1.165) is 20.9 Å². The molecule has 1 heterocycles. The first-order chi connectivity index (χ1) is 24.7. The third-order valence-electron chi connectivity index (χ3n) is 7.50. The number of amides is 3. The number of nitrogens with one attached hydrogen (secondary N) is 3. The molecule has 0 radical (unpaired) electrons. The van der Waals surface area contributed by atoms with Gasteiger partial charge in [-0.1, -0.05) is 42.5 Å². The van der Waals surface area contributed by atoms with Gasteiger partial charge in [-0.2, -0.15) is 0 Å². The number of thioether (sulfide) groups is 1. The lowest BCUT2D eigenvalue weighted by atomic mass is 10.1. The van der Waals surface area contributed by atoms with Crippen LogP contribution in [0.15, 0.2) is 95.5 Å². The van der Waals surface area contributed by atoms with Crippen molar-refractivity contribution < 1.29 is 33.3 Å². The summed E-state index contributed by atoms with van der Waals surface area (Å²) < 4.78 is 22.9. The molecule has 0 spiro atoms. The van der Waals surface area contributed by atoms with Crippen LogP contribution in [0.3, 0.4) is 0 Å². The second kappa shape index (κ2) is 17.4. The molecule has 0 aliphatic rings. The Hall–Kier alpha value is -5.53. The van der Waals surface area contributed by atoms with Gasteiger partial charge in [0.25, 0.3) is 11.8 Å². The summed E-state index contributed by atoms with van der Waals surface area (Å²) in [5.74, 6) is 0.773. The zero-order valence-corrected chi connectivity index (χ0v) is 30.4. The minimum Gasteiger partial charge on any atom is -0.496 e. The van der Waals surface area contributed by atoms with E-state index in [1.54, 1.807) is 60.7 Å². The highest BCUT2D eigenvalue weighted by atomic mass is 32.2. The largest absolute Gasteiger partial charge is 0.496 e. The Morgan fingerprint density at radius 3 is 2.29 bits per heavy atom. The zero-order valence-electron chi connectivity index (χ0n) is 28.8. The highest BCUT2D eigenvalue weighted by molar-refractivity contribution is 8.00. The number of nitrogens with zero attached hydrogens (tertiary/aromatic N) is 1. The molecule has 0 saturated heterocycles. The van der Waals surface area contributed by atoms with Gasteiger partial charge < -0.3 is 34.9 Å². The molecular formula is C38H38N4O7S2. The molecule has 1 unspecified atom stereocenters. The van der Waals surface area contributed by atoms with Crippen LogP contribution in [0.5, 0.6) is 23.0 Å². The lowest BCUT2D eigenvalue weighted by molar-refractivity contribution is -0.116. The molecule has 1 aromatic heterocycles. The summed E-state index contributed by atoms with van der Waals surface area (Å²) in [5.41, 5.74) is 2.05. The number of aromatic nitrogens is 1. The smallest absolute Gasteiger partial charge is 0.272 e. The Labute approximate surface area is 304 Å². The van der Waals surface area contributed by atoms with Crippen LogP contribution in [0.1, 0.15) is 36.2 Å². The predicted octanol–water partition coefficient (Wildman–Crippen LogP) is 7.64. The lowest BCUT2D eigenvalue weighted by Crippen LogP contribution is -2.30. The van der Waals surface area contributed by atoms with Crippen LogP contribution >= 0.6 is 23.1 Å². The van der Waals surface area contributed by atoms with E-state index in [0.29, 0.717) is 52.2 Å². The molecule has 0 bridgehead atoms. The molecule has 0 fully saturated rings. The van der Waals surface area contributed by atoms with Gasteiger partial charge in [-0.15, -0.1) is 11.8 Å². The van der Waals surface area contributed by atoms with Gasteiger partial charge in [-0.05, 0) is 74.0 Å². The molecule has 13 heteroatoms. The SMILES string of the molecule is CCOc1ccc2nc(NC(=O)C(CC)Sc3cccc(NC(=O)/C(=C\c4cc(OC)c(OC)cc4OC)NC(=O)c4ccccc4)c3)sc2c1. The number of anilines is 2. The second-order valence-corrected chi connectivity index (χ2v) is 13.2. The van der Waals surface area contributed by atoms with Gasteiger partial charge in [0.1, 0.15) is 17.2 Å². The van der Waals surface area contributed by atoms with Crippen LogP contribution in [-0.4, -0.2) is 55.9 Å². The van der Waals surface area contributed by atoms with Crippen molar-refractivity contribution in [1.29, 1.82) is 0 Å². The van der Waals surface area contributed by atoms with Gasteiger partial charge in [-0.25, -0.2) is 4.98 Å². The summed E-state index contributed by atoms with van der Waals surface area (Å²) >= 11 is 2.76. The topological polar surface area (TPSA) is 137 Å². The van der Waals surface area contributed by atoms with Crippen molar-refractivity contribution in [2.45, 2.75) is 30.4 Å². The first-order valence-corrected chi connectivity index (χ1v) is 17.7. The number of fused-ring (bicyclic) bond motifs is 1. The van der Waals surface area contributed by atoms with Gasteiger partial charge in [0.2, 0.25) is 5.91 Å². The Balaban J connectivity index is 1.35. The number of rotatable bonds is 15. The minimum atomic E-state index is -0.577. The fraction of sp³-hybridized carbons (Fsp3) is 0.211. The van der Waals surface area contributed by atoms with Crippen LogP contribution < -0.4 is 34.9 Å². The van der Waals surface area contributed by atoms with Gasteiger partial charge >= 0.3 is 0 Å². The maximum atomic E-state index is 13.8. The molecule has 51 heavy (non-hydrogen) atoms. The van der Waals surface area contributed by atoms with E-state index in [1.807, 2.05) is 38.1 Å². The van der Waals surface area contributed by atoms with Crippen LogP contribution in [0.25, 0.3) is 16.3 Å². The molecular weight excluding hydrogens is 689 g/mol. The molecule has 3 amide bonds. The highest BCUT2D eigenvalue weighted by Crippen LogP contribution is 2.36. The van der Waals surface area contributed by atoms with Gasteiger partial charge in [0.15, 0.2) is 16.6 Å². The molecule has 5 rings (SSSR count).